The minimum atomic E-state index is -3.48. The maximum Gasteiger partial charge on any atom is 0.271 e. The molecular formula is C18H23N5O3S. The molecule has 0 bridgehead atoms. The molecule has 2 aromatic heterocycles. The summed E-state index contributed by atoms with van der Waals surface area (Å²) >= 11 is 0. The lowest BCUT2D eigenvalue weighted by Crippen LogP contribution is -2.32. The fraction of sp³-hybridized carbons (Fsp3) is 0.500. The maximum atomic E-state index is 12.6. The molecule has 9 heteroatoms. The first-order chi connectivity index (χ1) is 13.0. The van der Waals surface area contributed by atoms with Crippen molar-refractivity contribution >= 4 is 15.9 Å². The van der Waals surface area contributed by atoms with Gasteiger partial charge in [0.25, 0.3) is 5.91 Å². The zero-order chi connectivity index (χ0) is 18.9. The number of carbonyl (C=O) groups is 1. The second-order valence-electron chi connectivity index (χ2n) is 7.08. The molecule has 1 saturated heterocycles. The van der Waals surface area contributed by atoms with Crippen LogP contribution in [0.1, 0.15) is 49.0 Å². The highest BCUT2D eigenvalue weighted by Crippen LogP contribution is 2.21. The number of amides is 1. The number of carbonyl (C=O) groups excluding carboxylic acids is 1. The topological polar surface area (TPSA) is 97.2 Å². The van der Waals surface area contributed by atoms with E-state index in [2.05, 4.69) is 15.3 Å². The van der Waals surface area contributed by atoms with Gasteiger partial charge in [0.15, 0.2) is 0 Å². The van der Waals surface area contributed by atoms with Gasteiger partial charge in [-0.25, -0.2) is 18.4 Å². The van der Waals surface area contributed by atoms with Crippen molar-refractivity contribution in [1.29, 1.82) is 0 Å². The highest BCUT2D eigenvalue weighted by Gasteiger charge is 2.27. The number of nitrogens with one attached hydrogen (secondary N) is 1. The van der Waals surface area contributed by atoms with E-state index >= 15 is 0 Å². The Morgan fingerprint density at radius 2 is 1.81 bits per heavy atom. The predicted octanol–water partition coefficient (Wildman–Crippen LogP) is 1.72. The zero-order valence-electron chi connectivity index (χ0n) is 15.0. The van der Waals surface area contributed by atoms with Gasteiger partial charge in [0.1, 0.15) is 22.7 Å². The summed E-state index contributed by atoms with van der Waals surface area (Å²) in [7, 11) is -3.48. The molecule has 2 aromatic rings. The van der Waals surface area contributed by atoms with Gasteiger partial charge in [0.05, 0.1) is 0 Å². The third-order valence-corrected chi connectivity index (χ3v) is 7.08. The molecule has 0 unspecified atom stereocenters. The second kappa shape index (κ2) is 7.40. The Kier molecular flexibility index (Phi) is 4.96. The number of sulfonamides is 1. The van der Waals surface area contributed by atoms with E-state index in [0.29, 0.717) is 24.6 Å². The highest BCUT2D eigenvalue weighted by molar-refractivity contribution is 7.89. The van der Waals surface area contributed by atoms with Gasteiger partial charge in [-0.05, 0) is 37.8 Å². The first kappa shape index (κ1) is 18.1. The lowest BCUT2D eigenvalue weighted by atomic mass is 10.2. The van der Waals surface area contributed by atoms with E-state index in [1.54, 1.807) is 22.9 Å². The molecule has 0 radical (unpaired) electrons. The molecule has 1 N–H and O–H groups in total. The highest BCUT2D eigenvalue weighted by atomic mass is 32.2. The lowest BCUT2D eigenvalue weighted by Gasteiger charge is -2.15. The van der Waals surface area contributed by atoms with Gasteiger partial charge in [-0.15, -0.1) is 0 Å². The maximum absolute atomic E-state index is 12.6. The largest absolute Gasteiger partial charge is 0.348 e. The molecule has 2 fully saturated rings. The van der Waals surface area contributed by atoms with E-state index in [0.717, 1.165) is 38.5 Å². The van der Waals surface area contributed by atoms with Crippen molar-refractivity contribution in [3.8, 4) is 5.82 Å². The van der Waals surface area contributed by atoms with Crippen molar-refractivity contribution in [1.82, 2.24) is 24.2 Å². The molecule has 4 rings (SSSR count). The van der Waals surface area contributed by atoms with Gasteiger partial charge in [-0.2, -0.15) is 4.31 Å². The molecule has 1 aliphatic heterocycles. The molecule has 1 amide bonds. The van der Waals surface area contributed by atoms with Gasteiger partial charge in [0.2, 0.25) is 10.0 Å². The molecular weight excluding hydrogens is 366 g/mol. The van der Waals surface area contributed by atoms with Crippen molar-refractivity contribution in [3.63, 3.8) is 0 Å². The Labute approximate surface area is 158 Å². The molecule has 0 atom stereocenters. The summed E-state index contributed by atoms with van der Waals surface area (Å²) in [5.41, 5.74) is 0.331. The van der Waals surface area contributed by atoms with Gasteiger partial charge in [-0.1, -0.05) is 12.8 Å². The first-order valence-corrected chi connectivity index (χ1v) is 10.8. The van der Waals surface area contributed by atoms with Crippen LogP contribution in [0.3, 0.4) is 0 Å². The minimum Gasteiger partial charge on any atom is -0.348 e. The molecule has 2 aliphatic rings. The number of imidazole rings is 1. The standard InChI is InChI=1S/C18H23N5O3S/c24-18(21-14-5-1-2-6-14)16-12-22(13-20-16)17-8-7-15(11-19-17)27(25,26)23-9-3-4-10-23/h7-8,11-14H,1-6,9-10H2,(H,21,24). The summed E-state index contributed by atoms with van der Waals surface area (Å²) in [6.45, 7) is 1.12. The van der Waals surface area contributed by atoms with Crippen LogP contribution >= 0.6 is 0 Å². The molecule has 8 nitrogen and oxygen atoms in total. The Morgan fingerprint density at radius 3 is 2.48 bits per heavy atom. The van der Waals surface area contributed by atoms with Crippen LogP contribution in [0.25, 0.3) is 5.82 Å². The van der Waals surface area contributed by atoms with Crippen molar-refractivity contribution < 1.29 is 13.2 Å². The molecule has 0 spiro atoms. The van der Waals surface area contributed by atoms with Crippen LogP contribution < -0.4 is 5.32 Å². The first-order valence-electron chi connectivity index (χ1n) is 9.35. The van der Waals surface area contributed by atoms with Crippen molar-refractivity contribution in [2.75, 3.05) is 13.1 Å². The minimum absolute atomic E-state index is 0.186. The summed E-state index contributed by atoms with van der Waals surface area (Å²) < 4.78 is 28.2. The van der Waals surface area contributed by atoms with Crippen molar-refractivity contribution in [3.05, 3.63) is 36.5 Å². The fourth-order valence-electron chi connectivity index (χ4n) is 3.65. The normalized spacial score (nSPS) is 18.8. The molecule has 1 aliphatic carbocycles. The Hall–Kier alpha value is -2.26. The van der Waals surface area contributed by atoms with Gasteiger partial charge >= 0.3 is 0 Å². The smallest absolute Gasteiger partial charge is 0.271 e. The lowest BCUT2D eigenvalue weighted by molar-refractivity contribution is 0.0933. The van der Waals surface area contributed by atoms with E-state index in [-0.39, 0.29) is 16.8 Å². The van der Waals surface area contributed by atoms with Crippen molar-refractivity contribution in [2.24, 2.45) is 0 Å². The Balaban J connectivity index is 1.48. The quantitative estimate of drug-likeness (QED) is 0.840. The SMILES string of the molecule is O=C(NC1CCCC1)c1cn(-c2ccc(S(=O)(=O)N3CCCC3)cn2)cn1. The van der Waals surface area contributed by atoms with Crippen LogP contribution in [0.4, 0.5) is 0 Å². The van der Waals surface area contributed by atoms with Crippen LogP contribution in [0.2, 0.25) is 0 Å². The molecule has 1 saturated carbocycles. The summed E-state index contributed by atoms with van der Waals surface area (Å²) in [6, 6.07) is 3.41. The third kappa shape index (κ3) is 3.74. The molecule has 0 aromatic carbocycles. The average molecular weight is 389 g/mol. The number of pyridine rings is 1. The zero-order valence-corrected chi connectivity index (χ0v) is 15.9. The summed E-state index contributed by atoms with van der Waals surface area (Å²) in [5.74, 6) is 0.330. The van der Waals surface area contributed by atoms with Crippen LogP contribution in [0, 0.1) is 0 Å². The number of hydrogen-bond acceptors (Lipinski definition) is 5. The summed E-state index contributed by atoms with van der Waals surface area (Å²) in [5, 5.41) is 3.00. The second-order valence-corrected chi connectivity index (χ2v) is 9.02. The Bertz CT molecular complexity index is 911. The summed E-state index contributed by atoms with van der Waals surface area (Å²) in [4.78, 5) is 20.9. The average Bonchev–Trinajstić information content (AvgIpc) is 3.43. The van der Waals surface area contributed by atoms with Crippen LogP contribution in [-0.4, -0.2) is 52.3 Å². The van der Waals surface area contributed by atoms with E-state index in [1.165, 1.54) is 16.8 Å². The van der Waals surface area contributed by atoms with E-state index < -0.39 is 10.0 Å². The number of hydrogen-bond donors (Lipinski definition) is 1. The van der Waals surface area contributed by atoms with E-state index in [1.807, 2.05) is 0 Å². The number of aromatic nitrogens is 3. The van der Waals surface area contributed by atoms with Crippen molar-refractivity contribution in [2.45, 2.75) is 49.5 Å². The molecule has 144 valence electrons. The summed E-state index contributed by atoms with van der Waals surface area (Å²) in [6.07, 6.45) is 10.6. The predicted molar refractivity (Wildman–Crippen MR) is 99.1 cm³/mol. The number of nitrogens with zero attached hydrogens (tertiary/aromatic N) is 4. The van der Waals surface area contributed by atoms with E-state index in [4.69, 9.17) is 0 Å². The van der Waals surface area contributed by atoms with Gasteiger partial charge < -0.3 is 5.32 Å². The van der Waals surface area contributed by atoms with Crippen LogP contribution in [0.5, 0.6) is 0 Å². The van der Waals surface area contributed by atoms with Gasteiger partial charge in [0, 0.05) is 31.5 Å². The fourth-order valence-corrected chi connectivity index (χ4v) is 5.11. The van der Waals surface area contributed by atoms with Crippen LogP contribution in [-0.2, 0) is 10.0 Å². The molecule has 27 heavy (non-hydrogen) atoms. The Morgan fingerprint density at radius 1 is 1.07 bits per heavy atom. The van der Waals surface area contributed by atoms with E-state index in [9.17, 15) is 13.2 Å². The number of rotatable bonds is 5. The third-order valence-electron chi connectivity index (χ3n) is 5.19. The van der Waals surface area contributed by atoms with Gasteiger partial charge in [-0.3, -0.25) is 9.36 Å². The monoisotopic (exact) mass is 389 g/mol. The molecule has 3 heterocycles. The van der Waals surface area contributed by atoms with Crippen LogP contribution in [0.15, 0.2) is 35.7 Å².